The van der Waals surface area contributed by atoms with Crippen LogP contribution in [0.3, 0.4) is 0 Å². The van der Waals surface area contributed by atoms with E-state index in [9.17, 15) is 0 Å². The number of aromatic nitrogens is 2. The maximum absolute atomic E-state index is 4.13. The normalized spacial score (nSPS) is 12.2. The first-order valence-corrected chi connectivity index (χ1v) is 7.63. The molecule has 0 aliphatic rings. The number of anilines is 1. The van der Waals surface area contributed by atoms with Crippen LogP contribution in [0.1, 0.15) is 24.3 Å². The number of imidazole rings is 1. The molecule has 0 amide bonds. The molecule has 2 aromatic heterocycles. The van der Waals surface area contributed by atoms with Crippen LogP contribution in [0.2, 0.25) is 0 Å². The van der Waals surface area contributed by atoms with Gasteiger partial charge in [-0.1, -0.05) is 25.1 Å². The Bertz CT molecular complexity index is 644. The highest BCUT2D eigenvalue weighted by atomic mass is 32.1. The molecule has 1 unspecified atom stereocenters. The quantitative estimate of drug-likeness (QED) is 0.747. The van der Waals surface area contributed by atoms with E-state index >= 15 is 0 Å². The van der Waals surface area contributed by atoms with Gasteiger partial charge in [0.25, 0.3) is 0 Å². The fourth-order valence-electron chi connectivity index (χ4n) is 2.27. The zero-order chi connectivity index (χ0) is 13.8. The molecular formula is C16H17N3S. The summed E-state index contributed by atoms with van der Waals surface area (Å²) in [5.41, 5.74) is 2.26. The highest BCUT2D eigenvalue weighted by Crippen LogP contribution is 2.29. The van der Waals surface area contributed by atoms with Crippen LogP contribution in [-0.2, 0) is 0 Å². The summed E-state index contributed by atoms with van der Waals surface area (Å²) < 4.78 is 2.03. The predicted octanol–water partition coefficient (Wildman–Crippen LogP) is 4.50. The Kier molecular flexibility index (Phi) is 3.83. The third-order valence-electron chi connectivity index (χ3n) is 3.31. The number of thiophene rings is 1. The van der Waals surface area contributed by atoms with Crippen LogP contribution >= 0.6 is 11.3 Å². The van der Waals surface area contributed by atoms with Gasteiger partial charge in [0.05, 0.1) is 23.7 Å². The summed E-state index contributed by atoms with van der Waals surface area (Å²) >= 11 is 1.80. The van der Waals surface area contributed by atoms with Crippen molar-refractivity contribution in [2.24, 2.45) is 0 Å². The lowest BCUT2D eigenvalue weighted by Crippen LogP contribution is -2.10. The van der Waals surface area contributed by atoms with E-state index in [-0.39, 0.29) is 0 Å². The Morgan fingerprint density at radius 3 is 2.85 bits per heavy atom. The van der Waals surface area contributed by atoms with Crippen LogP contribution in [0.15, 0.2) is 60.5 Å². The average Bonchev–Trinajstić information content (AvgIpc) is 3.18. The lowest BCUT2D eigenvalue weighted by molar-refractivity contribution is 0.762. The fourth-order valence-corrected chi connectivity index (χ4v) is 3.14. The van der Waals surface area contributed by atoms with Crippen molar-refractivity contribution < 1.29 is 0 Å². The maximum Gasteiger partial charge on any atom is 0.0992 e. The molecule has 0 saturated carbocycles. The van der Waals surface area contributed by atoms with Gasteiger partial charge in [0.1, 0.15) is 0 Å². The minimum atomic E-state index is 0.347. The van der Waals surface area contributed by atoms with Gasteiger partial charge in [0, 0.05) is 17.3 Å². The SMILES string of the molecule is CCC(Nc1ccccc1-n1ccnc1)c1cccs1. The second kappa shape index (κ2) is 5.92. The Morgan fingerprint density at radius 2 is 2.15 bits per heavy atom. The highest BCUT2D eigenvalue weighted by molar-refractivity contribution is 7.10. The van der Waals surface area contributed by atoms with Gasteiger partial charge < -0.3 is 9.88 Å². The van der Waals surface area contributed by atoms with E-state index in [1.54, 1.807) is 17.5 Å². The van der Waals surface area contributed by atoms with Gasteiger partial charge in [-0.25, -0.2) is 4.98 Å². The molecule has 4 heteroatoms. The van der Waals surface area contributed by atoms with Crippen molar-refractivity contribution in [3.8, 4) is 5.69 Å². The summed E-state index contributed by atoms with van der Waals surface area (Å²) in [6.07, 6.45) is 6.64. The molecule has 1 N–H and O–H groups in total. The number of rotatable bonds is 5. The van der Waals surface area contributed by atoms with E-state index in [4.69, 9.17) is 0 Å². The van der Waals surface area contributed by atoms with Gasteiger partial charge in [-0.3, -0.25) is 0 Å². The molecule has 0 aliphatic carbocycles. The van der Waals surface area contributed by atoms with Crippen LogP contribution < -0.4 is 5.32 Å². The minimum absolute atomic E-state index is 0.347. The summed E-state index contributed by atoms with van der Waals surface area (Å²) in [5.74, 6) is 0. The van der Waals surface area contributed by atoms with Gasteiger partial charge in [-0.2, -0.15) is 0 Å². The highest BCUT2D eigenvalue weighted by Gasteiger charge is 2.12. The van der Waals surface area contributed by atoms with E-state index in [0.717, 1.165) is 17.8 Å². The second-order valence-corrected chi connectivity index (χ2v) is 5.59. The molecule has 1 atom stereocenters. The molecule has 20 heavy (non-hydrogen) atoms. The first kappa shape index (κ1) is 12.9. The van der Waals surface area contributed by atoms with E-state index in [2.05, 4.69) is 52.9 Å². The van der Waals surface area contributed by atoms with E-state index in [1.807, 2.05) is 23.2 Å². The van der Waals surface area contributed by atoms with Crippen LogP contribution in [0, 0.1) is 0 Å². The van der Waals surface area contributed by atoms with Crippen molar-refractivity contribution in [1.29, 1.82) is 0 Å². The van der Waals surface area contributed by atoms with Crippen molar-refractivity contribution >= 4 is 17.0 Å². The fraction of sp³-hybridized carbons (Fsp3) is 0.188. The van der Waals surface area contributed by atoms with Gasteiger partial charge in [0.15, 0.2) is 0 Å². The molecule has 3 nitrogen and oxygen atoms in total. The first-order valence-electron chi connectivity index (χ1n) is 6.75. The van der Waals surface area contributed by atoms with Crippen molar-refractivity contribution in [3.05, 3.63) is 65.4 Å². The minimum Gasteiger partial charge on any atom is -0.376 e. The predicted molar refractivity (Wildman–Crippen MR) is 84.5 cm³/mol. The summed E-state index contributed by atoms with van der Waals surface area (Å²) in [6, 6.07) is 13.0. The smallest absolute Gasteiger partial charge is 0.0992 e. The molecule has 0 radical (unpaired) electrons. The van der Waals surface area contributed by atoms with Crippen molar-refractivity contribution in [2.45, 2.75) is 19.4 Å². The van der Waals surface area contributed by atoms with Crippen LogP contribution in [0.4, 0.5) is 5.69 Å². The number of hydrogen-bond donors (Lipinski definition) is 1. The molecule has 0 bridgehead atoms. The molecule has 3 aromatic rings. The monoisotopic (exact) mass is 283 g/mol. The maximum atomic E-state index is 4.13. The Hall–Kier alpha value is -2.07. The van der Waals surface area contributed by atoms with Gasteiger partial charge in [0.2, 0.25) is 0 Å². The number of hydrogen-bond acceptors (Lipinski definition) is 3. The zero-order valence-corrected chi connectivity index (χ0v) is 12.2. The van der Waals surface area contributed by atoms with E-state index in [0.29, 0.717) is 6.04 Å². The van der Waals surface area contributed by atoms with E-state index in [1.165, 1.54) is 4.88 Å². The summed E-state index contributed by atoms with van der Waals surface area (Å²) in [6.45, 7) is 2.21. The number of nitrogens with zero attached hydrogens (tertiary/aromatic N) is 2. The first-order chi connectivity index (χ1) is 9.88. The summed E-state index contributed by atoms with van der Waals surface area (Å²) in [7, 11) is 0. The molecule has 0 fully saturated rings. The number of nitrogens with one attached hydrogen (secondary N) is 1. The lowest BCUT2D eigenvalue weighted by Gasteiger charge is -2.19. The second-order valence-electron chi connectivity index (χ2n) is 4.61. The van der Waals surface area contributed by atoms with Crippen molar-refractivity contribution in [1.82, 2.24) is 9.55 Å². The molecule has 3 rings (SSSR count). The van der Waals surface area contributed by atoms with Crippen LogP contribution in [0.5, 0.6) is 0 Å². The molecular weight excluding hydrogens is 266 g/mol. The van der Waals surface area contributed by atoms with Crippen LogP contribution in [-0.4, -0.2) is 9.55 Å². The standard InChI is InChI=1S/C16H17N3S/c1-2-13(16-8-5-11-20-16)18-14-6-3-4-7-15(14)19-10-9-17-12-19/h3-13,18H,2H2,1H3. The Labute approximate surface area is 122 Å². The molecule has 1 aromatic carbocycles. The third kappa shape index (κ3) is 2.60. The lowest BCUT2D eigenvalue weighted by atomic mass is 10.1. The topological polar surface area (TPSA) is 29.9 Å². The zero-order valence-electron chi connectivity index (χ0n) is 11.4. The largest absolute Gasteiger partial charge is 0.376 e. The van der Waals surface area contributed by atoms with Gasteiger partial charge in [-0.05, 0) is 30.0 Å². The van der Waals surface area contributed by atoms with Crippen molar-refractivity contribution in [3.63, 3.8) is 0 Å². The van der Waals surface area contributed by atoms with Gasteiger partial charge >= 0.3 is 0 Å². The molecule has 102 valence electrons. The van der Waals surface area contributed by atoms with E-state index < -0.39 is 0 Å². The van der Waals surface area contributed by atoms with Crippen molar-refractivity contribution in [2.75, 3.05) is 5.32 Å². The molecule has 2 heterocycles. The molecule has 0 saturated heterocycles. The van der Waals surface area contributed by atoms with Crippen LogP contribution in [0.25, 0.3) is 5.69 Å². The summed E-state index contributed by atoms with van der Waals surface area (Å²) in [5, 5.41) is 5.78. The third-order valence-corrected chi connectivity index (χ3v) is 4.30. The number of benzene rings is 1. The average molecular weight is 283 g/mol. The van der Waals surface area contributed by atoms with Gasteiger partial charge in [-0.15, -0.1) is 11.3 Å². The summed E-state index contributed by atoms with van der Waals surface area (Å²) in [4.78, 5) is 5.49. The molecule has 0 aliphatic heterocycles. The Morgan fingerprint density at radius 1 is 1.25 bits per heavy atom. The number of para-hydroxylation sites is 2. The Balaban J connectivity index is 1.91. The molecule has 0 spiro atoms.